The Morgan fingerprint density at radius 2 is 1.33 bits per heavy atom. The molecule has 0 radical (unpaired) electrons. The van der Waals surface area contributed by atoms with Crippen molar-refractivity contribution in [2.45, 2.75) is 84.6 Å². The van der Waals surface area contributed by atoms with Gasteiger partial charge in [-0.2, -0.15) is 0 Å². The van der Waals surface area contributed by atoms with Gasteiger partial charge in [0.1, 0.15) is 29.0 Å². The molecule has 0 bridgehead atoms. The van der Waals surface area contributed by atoms with Crippen LogP contribution in [0.3, 0.4) is 0 Å². The second-order valence-electron chi connectivity index (χ2n) is 11.8. The second-order valence-corrected chi connectivity index (χ2v) is 11.8. The van der Waals surface area contributed by atoms with E-state index in [9.17, 15) is 28.3 Å². The van der Waals surface area contributed by atoms with E-state index in [1.54, 1.807) is 0 Å². The number of halogens is 2. The molecule has 49 heavy (non-hydrogen) atoms. The van der Waals surface area contributed by atoms with Crippen molar-refractivity contribution in [3.05, 3.63) is 127 Å². The summed E-state index contributed by atoms with van der Waals surface area (Å²) in [6.45, 7) is 5.90. The van der Waals surface area contributed by atoms with E-state index in [0.29, 0.717) is 12.5 Å². The van der Waals surface area contributed by atoms with Crippen molar-refractivity contribution in [1.29, 1.82) is 0 Å². The first-order chi connectivity index (χ1) is 23.6. The third-order valence-electron chi connectivity index (χ3n) is 7.12. The van der Waals surface area contributed by atoms with Gasteiger partial charge in [-0.25, -0.2) is 18.4 Å². The van der Waals surface area contributed by atoms with Crippen LogP contribution in [0.1, 0.15) is 88.9 Å². The van der Waals surface area contributed by atoms with E-state index in [0.717, 1.165) is 50.7 Å². The van der Waals surface area contributed by atoms with Crippen LogP contribution in [-0.2, 0) is 9.59 Å². The predicted molar refractivity (Wildman–Crippen MR) is 193 cm³/mol. The highest BCUT2D eigenvalue weighted by Crippen LogP contribution is 2.29. The molecule has 6 nitrogen and oxygen atoms in total. The number of nitrogens with one attached hydrogen (secondary N) is 1. The lowest BCUT2D eigenvalue weighted by Crippen LogP contribution is -2.43. The van der Waals surface area contributed by atoms with Crippen LogP contribution in [-0.4, -0.2) is 29.0 Å². The maximum absolute atomic E-state index is 14.3. The highest BCUT2D eigenvalue weighted by Gasteiger charge is 2.26. The molecule has 0 heterocycles. The predicted octanol–water partition coefficient (Wildman–Crippen LogP) is 10.2. The van der Waals surface area contributed by atoms with Gasteiger partial charge < -0.3 is 15.2 Å². The molecule has 1 amide bonds. The molecule has 262 valence electrons. The van der Waals surface area contributed by atoms with Crippen LogP contribution in [0.4, 0.5) is 8.78 Å². The number of aromatic carboxylic acids is 1. The van der Waals surface area contributed by atoms with Crippen LogP contribution in [0.25, 0.3) is 11.1 Å². The van der Waals surface area contributed by atoms with Crippen LogP contribution < -0.4 is 10.1 Å². The number of carboxylic acids is 1. The number of rotatable bonds is 21. The molecule has 0 saturated heterocycles. The Hall–Kier alpha value is -4.85. The van der Waals surface area contributed by atoms with Crippen LogP contribution in [0.5, 0.6) is 5.75 Å². The van der Waals surface area contributed by atoms with Gasteiger partial charge in [-0.1, -0.05) is 99.7 Å². The molecule has 8 heteroatoms. The Morgan fingerprint density at radius 3 is 1.84 bits per heavy atom. The minimum Gasteiger partial charge on any atom is -0.478 e. The molecule has 0 spiro atoms. The SMILES string of the molecule is CC/C=C\C/C=C\C/C=C\C/C=C\C/C=C\C/C=C\CCC(=O)NC(CC(C)C)C(=O)Oc1ccc(-c2ccc(F)cc2F)cc1C(=O)O. The van der Waals surface area contributed by atoms with E-state index < -0.39 is 29.6 Å². The molecule has 1 atom stereocenters. The topological polar surface area (TPSA) is 92.7 Å². The Balaban J connectivity index is 1.80. The molecular formula is C41H49F2NO5. The number of hydrogen-bond donors (Lipinski definition) is 2. The summed E-state index contributed by atoms with van der Waals surface area (Å²) in [5.41, 5.74) is -0.198. The number of amides is 1. The number of benzene rings is 2. The fourth-order valence-corrected chi connectivity index (χ4v) is 4.66. The first kappa shape index (κ1) is 40.3. The third kappa shape index (κ3) is 16.7. The highest BCUT2D eigenvalue weighted by atomic mass is 19.1. The average molecular weight is 674 g/mol. The van der Waals surface area contributed by atoms with Crippen molar-refractivity contribution >= 4 is 17.8 Å². The monoisotopic (exact) mass is 673 g/mol. The van der Waals surface area contributed by atoms with Crippen LogP contribution in [0.15, 0.2) is 109 Å². The molecule has 0 aliphatic heterocycles. The maximum Gasteiger partial charge on any atom is 0.339 e. The van der Waals surface area contributed by atoms with Crippen molar-refractivity contribution in [3.63, 3.8) is 0 Å². The van der Waals surface area contributed by atoms with Gasteiger partial charge in [0.25, 0.3) is 0 Å². The van der Waals surface area contributed by atoms with Gasteiger partial charge in [0.15, 0.2) is 0 Å². The Labute approximate surface area is 289 Å². The fraction of sp³-hybridized carbons (Fsp3) is 0.341. The van der Waals surface area contributed by atoms with Crippen molar-refractivity contribution in [2.75, 3.05) is 0 Å². The molecule has 0 aliphatic rings. The van der Waals surface area contributed by atoms with Gasteiger partial charge in [0.2, 0.25) is 5.91 Å². The zero-order valence-electron chi connectivity index (χ0n) is 28.7. The quantitative estimate of drug-likeness (QED) is 0.0782. The summed E-state index contributed by atoms with van der Waals surface area (Å²) in [7, 11) is 0. The number of carbonyl (C=O) groups excluding carboxylic acids is 2. The summed E-state index contributed by atoms with van der Waals surface area (Å²) < 4.78 is 33.1. The van der Waals surface area contributed by atoms with Gasteiger partial charge in [0, 0.05) is 18.1 Å². The zero-order chi connectivity index (χ0) is 35.9. The standard InChI is InChI=1S/C41H49F2NO5/c1-4-5-6-7-8-9-10-11-12-13-14-15-16-17-18-19-20-21-22-23-39(45)44-37(28-31(2)3)41(48)49-38-27-24-32(29-35(38)40(46)47)34-26-25-33(42)30-36(34)43/h5-6,8-9,11-12,14-15,17-18,20-21,24-27,29-31,37H,4,7,10,13,16,19,22-23,28H2,1-3H3,(H,44,45)(H,46,47)/b6-5-,9-8-,12-11-,15-14-,18-17-,21-20-. The number of carbonyl (C=O) groups is 3. The highest BCUT2D eigenvalue weighted by molar-refractivity contribution is 5.94. The van der Waals surface area contributed by atoms with Crippen LogP contribution in [0, 0.1) is 17.6 Å². The molecule has 0 aromatic heterocycles. The molecule has 2 aromatic rings. The van der Waals surface area contributed by atoms with Gasteiger partial charge in [-0.05, 0) is 87.1 Å². The molecule has 2 N–H and O–H groups in total. The minimum absolute atomic E-state index is 0.00127. The first-order valence-electron chi connectivity index (χ1n) is 16.9. The molecule has 0 fully saturated rings. The molecular weight excluding hydrogens is 624 g/mol. The lowest BCUT2D eigenvalue weighted by atomic mass is 10.0. The van der Waals surface area contributed by atoms with E-state index in [1.165, 1.54) is 18.2 Å². The Bertz CT molecular complexity index is 1530. The molecule has 1 unspecified atom stereocenters. The largest absolute Gasteiger partial charge is 0.478 e. The van der Waals surface area contributed by atoms with E-state index >= 15 is 0 Å². The van der Waals surface area contributed by atoms with E-state index in [2.05, 4.69) is 73.0 Å². The lowest BCUT2D eigenvalue weighted by Gasteiger charge is -2.20. The lowest BCUT2D eigenvalue weighted by molar-refractivity contribution is -0.139. The molecule has 0 aliphatic carbocycles. The summed E-state index contributed by atoms with van der Waals surface area (Å²) in [6.07, 6.45) is 31.8. The van der Waals surface area contributed by atoms with Crippen molar-refractivity contribution in [3.8, 4) is 16.9 Å². The summed E-state index contributed by atoms with van der Waals surface area (Å²) in [6, 6.07) is 5.76. The van der Waals surface area contributed by atoms with Gasteiger partial charge in [0.05, 0.1) is 0 Å². The minimum atomic E-state index is -1.40. The fourth-order valence-electron chi connectivity index (χ4n) is 4.66. The number of hydrogen-bond acceptors (Lipinski definition) is 4. The van der Waals surface area contributed by atoms with Crippen molar-refractivity contribution in [2.24, 2.45) is 5.92 Å². The smallest absolute Gasteiger partial charge is 0.339 e. The third-order valence-corrected chi connectivity index (χ3v) is 7.12. The number of carboxylic acid groups (broad SMARTS) is 1. The van der Waals surface area contributed by atoms with Crippen molar-refractivity contribution < 1.29 is 33.0 Å². The number of esters is 1. The Kier molecular flexibility index (Phi) is 19.3. The summed E-state index contributed by atoms with van der Waals surface area (Å²) in [5.74, 6) is -4.37. The van der Waals surface area contributed by atoms with E-state index in [-0.39, 0.29) is 47.1 Å². The normalized spacial score (nSPS) is 12.9. The Morgan fingerprint density at radius 1 is 0.776 bits per heavy atom. The molecule has 2 aromatic carbocycles. The molecule has 2 rings (SSSR count). The van der Waals surface area contributed by atoms with Gasteiger partial charge >= 0.3 is 11.9 Å². The average Bonchev–Trinajstić information content (AvgIpc) is 3.05. The summed E-state index contributed by atoms with van der Waals surface area (Å²) >= 11 is 0. The van der Waals surface area contributed by atoms with E-state index in [1.807, 2.05) is 26.0 Å². The van der Waals surface area contributed by atoms with Gasteiger partial charge in [-0.15, -0.1) is 0 Å². The van der Waals surface area contributed by atoms with Crippen molar-refractivity contribution in [1.82, 2.24) is 5.32 Å². The second kappa shape index (κ2) is 23.5. The van der Waals surface area contributed by atoms with Gasteiger partial charge in [-0.3, -0.25) is 4.79 Å². The number of ether oxygens (including phenoxy) is 1. The number of allylic oxidation sites excluding steroid dienone is 12. The molecule has 0 saturated carbocycles. The van der Waals surface area contributed by atoms with Crippen LogP contribution in [0.2, 0.25) is 0 Å². The van der Waals surface area contributed by atoms with Crippen LogP contribution >= 0.6 is 0 Å². The maximum atomic E-state index is 14.3. The first-order valence-corrected chi connectivity index (χ1v) is 16.9. The summed E-state index contributed by atoms with van der Waals surface area (Å²) in [5, 5.41) is 12.5. The zero-order valence-corrected chi connectivity index (χ0v) is 28.7. The summed E-state index contributed by atoms with van der Waals surface area (Å²) in [4.78, 5) is 37.7. The van der Waals surface area contributed by atoms with E-state index in [4.69, 9.17) is 4.74 Å².